The van der Waals surface area contributed by atoms with Gasteiger partial charge in [-0.1, -0.05) is 103 Å². The third-order valence-corrected chi connectivity index (χ3v) is 11.4. The third-order valence-electron chi connectivity index (χ3n) is 8.82. The highest BCUT2D eigenvalue weighted by Gasteiger charge is 2.39. The van der Waals surface area contributed by atoms with Crippen molar-refractivity contribution in [3.63, 3.8) is 0 Å². The van der Waals surface area contributed by atoms with Crippen LogP contribution in [0.1, 0.15) is 47.1 Å². The minimum Gasteiger partial charge on any atom is -0.392 e. The van der Waals surface area contributed by atoms with Crippen molar-refractivity contribution in [2.24, 2.45) is 13.0 Å². The Bertz CT molecular complexity index is 2020. The van der Waals surface area contributed by atoms with Crippen molar-refractivity contribution in [3.05, 3.63) is 137 Å². The maximum atomic E-state index is 13.8. The zero-order valence-electron chi connectivity index (χ0n) is 28.5. The van der Waals surface area contributed by atoms with Gasteiger partial charge < -0.3 is 24.5 Å². The maximum Gasteiger partial charge on any atom is 0.242 e. The summed E-state index contributed by atoms with van der Waals surface area (Å²) in [4.78, 5) is 13.9. The third kappa shape index (κ3) is 9.11. The fraction of sp³-hybridized carbons (Fsp3) is 0.289. The average molecular weight is 728 g/mol. The highest BCUT2D eigenvalue weighted by atomic mass is 32.2. The van der Waals surface area contributed by atoms with Crippen LogP contribution in [0.4, 0.5) is 5.69 Å². The standard InChI is InChI=1S/C38H41N5O6S2/c1-25-12-18-32(19-13-25)51(46,47)42-33(20-27-8-5-4-6-9-27)36(45)40-31-11-7-10-30(21-31)37-48-34(23-50-38-41-39-24-43(38)3)26(2)35(49-37)29-16-14-28(22-44)15-17-29/h4-19,21,24,26,33-35,37,42,44H,20,22-23H2,1-3H3,(H,40,45)/t26-,33-,34+,35+,37+/m1/s1. The summed E-state index contributed by atoms with van der Waals surface area (Å²) < 4.78 is 44.5. The molecule has 51 heavy (non-hydrogen) atoms. The normalized spacial score (nSPS) is 19.8. The van der Waals surface area contributed by atoms with Gasteiger partial charge >= 0.3 is 0 Å². The lowest BCUT2D eigenvalue weighted by Gasteiger charge is -2.41. The van der Waals surface area contributed by atoms with Crippen LogP contribution in [0, 0.1) is 12.8 Å². The van der Waals surface area contributed by atoms with E-state index in [1.165, 1.54) is 12.1 Å². The highest BCUT2D eigenvalue weighted by molar-refractivity contribution is 7.99. The molecule has 0 radical (unpaired) electrons. The van der Waals surface area contributed by atoms with E-state index in [4.69, 9.17) is 9.47 Å². The Kier molecular flexibility index (Phi) is 11.7. The summed E-state index contributed by atoms with van der Waals surface area (Å²) in [6, 6.07) is 29.5. The van der Waals surface area contributed by atoms with Crippen LogP contribution >= 0.6 is 11.8 Å². The van der Waals surface area contributed by atoms with Crippen LogP contribution in [0.25, 0.3) is 0 Å². The number of sulfonamides is 1. The monoisotopic (exact) mass is 727 g/mol. The number of amides is 1. The topological polar surface area (TPSA) is 145 Å². The van der Waals surface area contributed by atoms with Crippen LogP contribution < -0.4 is 10.0 Å². The number of carbonyl (C=O) groups is 1. The molecule has 3 N–H and O–H groups in total. The molecular formula is C38H41N5O6S2. The predicted molar refractivity (Wildman–Crippen MR) is 195 cm³/mol. The summed E-state index contributed by atoms with van der Waals surface area (Å²) in [7, 11) is -2.12. The number of aliphatic hydroxyl groups excluding tert-OH is 1. The number of nitrogens with zero attached hydrogens (tertiary/aromatic N) is 3. The second-order valence-electron chi connectivity index (χ2n) is 12.6. The Morgan fingerprint density at radius 3 is 2.37 bits per heavy atom. The van der Waals surface area contributed by atoms with Crippen LogP contribution in [0.2, 0.25) is 0 Å². The Morgan fingerprint density at radius 1 is 0.941 bits per heavy atom. The molecule has 1 amide bonds. The van der Waals surface area contributed by atoms with Gasteiger partial charge in [0.15, 0.2) is 11.4 Å². The van der Waals surface area contributed by atoms with Gasteiger partial charge in [0.05, 0.1) is 23.7 Å². The van der Waals surface area contributed by atoms with Gasteiger partial charge in [0, 0.05) is 30.0 Å². The second-order valence-corrected chi connectivity index (χ2v) is 15.3. The number of anilines is 1. The molecular weight excluding hydrogens is 687 g/mol. The summed E-state index contributed by atoms with van der Waals surface area (Å²) in [5, 5.41) is 21.5. The highest BCUT2D eigenvalue weighted by Crippen LogP contribution is 2.43. The number of benzene rings is 4. The summed E-state index contributed by atoms with van der Waals surface area (Å²) >= 11 is 1.55. The van der Waals surface area contributed by atoms with Crippen molar-refractivity contribution in [1.82, 2.24) is 19.5 Å². The molecule has 1 fully saturated rings. The second kappa shape index (κ2) is 16.3. The van der Waals surface area contributed by atoms with E-state index in [1.807, 2.05) is 79.2 Å². The zero-order valence-corrected chi connectivity index (χ0v) is 30.2. The molecule has 1 saturated heterocycles. The van der Waals surface area contributed by atoms with Crippen molar-refractivity contribution in [3.8, 4) is 0 Å². The lowest BCUT2D eigenvalue weighted by molar-refractivity contribution is -0.268. The molecule has 1 aliphatic heterocycles. The Morgan fingerprint density at radius 2 is 1.69 bits per heavy atom. The smallest absolute Gasteiger partial charge is 0.242 e. The summed E-state index contributed by atoms with van der Waals surface area (Å²) in [6.07, 6.45) is 0.462. The van der Waals surface area contributed by atoms with Crippen LogP contribution in [0.3, 0.4) is 0 Å². The molecule has 0 unspecified atom stereocenters. The van der Waals surface area contributed by atoms with Crippen molar-refractivity contribution in [1.29, 1.82) is 0 Å². The summed E-state index contributed by atoms with van der Waals surface area (Å²) in [5.41, 5.74) is 4.64. The number of hydrogen-bond acceptors (Lipinski definition) is 9. The molecule has 1 aliphatic rings. The zero-order chi connectivity index (χ0) is 36.0. The summed E-state index contributed by atoms with van der Waals surface area (Å²) in [6.45, 7) is 3.91. The van der Waals surface area contributed by atoms with Gasteiger partial charge in [-0.25, -0.2) is 8.42 Å². The molecule has 13 heteroatoms. The van der Waals surface area contributed by atoms with Crippen molar-refractivity contribution < 1.29 is 27.8 Å². The van der Waals surface area contributed by atoms with Crippen LogP contribution in [-0.4, -0.2) is 52.1 Å². The van der Waals surface area contributed by atoms with E-state index in [9.17, 15) is 18.3 Å². The number of aryl methyl sites for hydroxylation is 2. The number of hydrogen-bond donors (Lipinski definition) is 3. The Labute approximate surface area is 302 Å². The van der Waals surface area contributed by atoms with Gasteiger partial charge in [-0.3, -0.25) is 4.79 Å². The van der Waals surface area contributed by atoms with E-state index in [-0.39, 0.29) is 36.0 Å². The lowest BCUT2D eigenvalue weighted by atomic mass is 9.91. The maximum absolute atomic E-state index is 13.8. The van der Waals surface area contributed by atoms with Gasteiger partial charge in [0.1, 0.15) is 12.4 Å². The molecule has 1 aromatic heterocycles. The van der Waals surface area contributed by atoms with E-state index < -0.39 is 28.3 Å². The van der Waals surface area contributed by atoms with Gasteiger partial charge in [0.2, 0.25) is 15.9 Å². The molecule has 5 atom stereocenters. The fourth-order valence-corrected chi connectivity index (χ4v) is 8.12. The lowest BCUT2D eigenvalue weighted by Crippen LogP contribution is -2.45. The first-order valence-corrected chi connectivity index (χ1v) is 19.1. The number of ether oxygens (including phenoxy) is 2. The molecule has 6 rings (SSSR count). The van der Waals surface area contributed by atoms with Gasteiger partial charge in [-0.05, 0) is 54.3 Å². The molecule has 2 heterocycles. The van der Waals surface area contributed by atoms with Gasteiger partial charge in [-0.2, -0.15) is 4.72 Å². The molecule has 266 valence electrons. The predicted octanol–water partition coefficient (Wildman–Crippen LogP) is 5.73. The number of nitrogens with one attached hydrogen (secondary N) is 2. The Hall–Kier alpha value is -4.37. The minimum atomic E-state index is -4.01. The van der Waals surface area contributed by atoms with E-state index in [0.29, 0.717) is 17.0 Å². The minimum absolute atomic E-state index is 0.0369. The van der Waals surface area contributed by atoms with E-state index in [2.05, 4.69) is 27.2 Å². The first kappa shape index (κ1) is 36.4. The van der Waals surface area contributed by atoms with Crippen LogP contribution in [0.5, 0.6) is 0 Å². The van der Waals surface area contributed by atoms with Crippen LogP contribution in [0.15, 0.2) is 120 Å². The van der Waals surface area contributed by atoms with Crippen molar-refractivity contribution in [2.75, 3.05) is 11.1 Å². The van der Waals surface area contributed by atoms with Crippen molar-refractivity contribution >= 4 is 33.4 Å². The number of rotatable bonds is 13. The first-order valence-electron chi connectivity index (χ1n) is 16.6. The van der Waals surface area contributed by atoms with E-state index in [0.717, 1.165) is 27.4 Å². The van der Waals surface area contributed by atoms with Crippen LogP contribution in [-0.2, 0) is 44.4 Å². The van der Waals surface area contributed by atoms with Gasteiger partial charge in [0.25, 0.3) is 0 Å². The van der Waals surface area contributed by atoms with Gasteiger partial charge in [-0.15, -0.1) is 10.2 Å². The number of aliphatic hydroxyl groups is 1. The number of aromatic nitrogens is 3. The molecule has 4 aromatic carbocycles. The van der Waals surface area contributed by atoms with E-state index >= 15 is 0 Å². The SMILES string of the molecule is Cc1ccc(S(=O)(=O)N[C@H](Cc2ccccc2)C(=O)Nc2cccc([C@H]3O[C@@H](CSc4nncn4C)[C@@H](C)[C@@H](c4ccc(CO)cc4)O3)c2)cc1. The summed E-state index contributed by atoms with van der Waals surface area (Å²) in [5.74, 6) is 0.0491. The molecule has 11 nitrogen and oxygen atoms in total. The largest absolute Gasteiger partial charge is 0.392 e. The molecule has 0 saturated carbocycles. The molecule has 0 aliphatic carbocycles. The molecule has 0 bridgehead atoms. The molecule has 0 spiro atoms. The average Bonchev–Trinajstić information content (AvgIpc) is 3.55. The van der Waals surface area contributed by atoms with Crippen molar-refractivity contribution in [2.45, 2.75) is 61.5 Å². The van der Waals surface area contributed by atoms with E-state index in [1.54, 1.807) is 48.4 Å². The number of carbonyl (C=O) groups excluding carboxylic acids is 1. The quantitative estimate of drug-likeness (QED) is 0.130. The Balaban J connectivity index is 1.24. The number of thioether (sulfide) groups is 1. The fourth-order valence-electron chi connectivity index (χ4n) is 5.87. The molecule has 5 aromatic rings. The first-order chi connectivity index (χ1) is 24.6.